The van der Waals surface area contributed by atoms with Crippen LogP contribution < -0.4 is 0 Å². The predicted octanol–water partition coefficient (Wildman–Crippen LogP) is 1.01. The van der Waals surface area contributed by atoms with Crippen molar-refractivity contribution in [2.75, 3.05) is 19.6 Å². The molecule has 0 amide bonds. The van der Waals surface area contributed by atoms with E-state index >= 15 is 0 Å². The molecule has 1 fully saturated rings. The zero-order chi connectivity index (χ0) is 8.97. The molecule has 0 saturated carbocycles. The summed E-state index contributed by atoms with van der Waals surface area (Å²) in [6.45, 7) is 6.97. The average molecular weight is 168 g/mol. The molecule has 0 radical (unpaired) electrons. The summed E-state index contributed by atoms with van der Waals surface area (Å²) in [4.78, 5) is 2.29. The van der Waals surface area contributed by atoms with Crippen molar-refractivity contribution in [3.05, 3.63) is 0 Å². The van der Waals surface area contributed by atoms with Gasteiger partial charge in [0, 0.05) is 26.1 Å². The first-order valence-electron chi connectivity index (χ1n) is 4.47. The van der Waals surface area contributed by atoms with Crippen molar-refractivity contribution in [2.24, 2.45) is 0 Å². The molecule has 0 unspecified atom stereocenters. The van der Waals surface area contributed by atoms with Crippen LogP contribution in [0.1, 0.15) is 20.3 Å². The van der Waals surface area contributed by atoms with Gasteiger partial charge in [-0.2, -0.15) is 5.26 Å². The van der Waals surface area contributed by atoms with E-state index in [2.05, 4.69) is 24.8 Å². The molecule has 1 aliphatic heterocycles. The topological polar surface area (TPSA) is 36.3 Å². The minimum Gasteiger partial charge on any atom is -0.373 e. The largest absolute Gasteiger partial charge is 0.373 e. The molecule has 3 nitrogen and oxygen atoms in total. The van der Waals surface area contributed by atoms with Crippen LogP contribution in [0.4, 0.5) is 0 Å². The second kappa shape index (κ2) is 4.44. The highest BCUT2D eigenvalue weighted by molar-refractivity contribution is 4.77. The van der Waals surface area contributed by atoms with Crippen molar-refractivity contribution in [2.45, 2.75) is 32.5 Å². The van der Waals surface area contributed by atoms with E-state index in [1.54, 1.807) is 0 Å². The van der Waals surface area contributed by atoms with Gasteiger partial charge in [0.1, 0.15) is 0 Å². The van der Waals surface area contributed by atoms with Gasteiger partial charge < -0.3 is 4.74 Å². The zero-order valence-electron chi connectivity index (χ0n) is 7.79. The van der Waals surface area contributed by atoms with Gasteiger partial charge in [-0.3, -0.25) is 4.90 Å². The summed E-state index contributed by atoms with van der Waals surface area (Å²) in [7, 11) is 0. The van der Waals surface area contributed by atoms with Crippen LogP contribution in [0, 0.1) is 11.3 Å². The Kier molecular flexibility index (Phi) is 3.51. The van der Waals surface area contributed by atoms with Gasteiger partial charge in [0.25, 0.3) is 0 Å². The van der Waals surface area contributed by atoms with E-state index < -0.39 is 0 Å². The molecular weight excluding hydrogens is 152 g/mol. The quantitative estimate of drug-likeness (QED) is 0.617. The molecule has 3 heteroatoms. The fraction of sp³-hybridized carbons (Fsp3) is 0.889. The molecule has 0 spiro atoms. The van der Waals surface area contributed by atoms with Crippen molar-refractivity contribution >= 4 is 0 Å². The molecule has 2 atom stereocenters. The van der Waals surface area contributed by atoms with Gasteiger partial charge in [0.2, 0.25) is 0 Å². The van der Waals surface area contributed by atoms with Gasteiger partial charge in [-0.25, -0.2) is 0 Å². The summed E-state index contributed by atoms with van der Waals surface area (Å²) in [5.74, 6) is 0. The van der Waals surface area contributed by atoms with E-state index in [1.807, 2.05) is 0 Å². The summed E-state index contributed by atoms with van der Waals surface area (Å²) in [5, 5.41) is 8.42. The van der Waals surface area contributed by atoms with Crippen LogP contribution in [0.5, 0.6) is 0 Å². The van der Waals surface area contributed by atoms with Crippen molar-refractivity contribution in [3.63, 3.8) is 0 Å². The monoisotopic (exact) mass is 168 g/mol. The summed E-state index contributed by atoms with van der Waals surface area (Å²) in [6.07, 6.45) is 1.25. The van der Waals surface area contributed by atoms with Crippen LogP contribution in [-0.4, -0.2) is 36.7 Å². The van der Waals surface area contributed by atoms with Crippen molar-refractivity contribution in [3.8, 4) is 6.07 Å². The van der Waals surface area contributed by atoms with E-state index in [9.17, 15) is 0 Å². The van der Waals surface area contributed by atoms with Gasteiger partial charge in [0.15, 0.2) is 0 Å². The number of rotatable bonds is 2. The standard InChI is InChI=1S/C9H16N2O/c1-8-6-11(5-3-4-10)7-9(2)12-8/h8-9H,3,5-7H2,1-2H3/t8-,9-/m1/s1. The Morgan fingerprint density at radius 3 is 2.50 bits per heavy atom. The van der Waals surface area contributed by atoms with Crippen LogP contribution in [0.2, 0.25) is 0 Å². The molecule has 12 heavy (non-hydrogen) atoms. The number of morpholine rings is 1. The number of nitrogens with zero attached hydrogens (tertiary/aromatic N) is 2. The first-order valence-corrected chi connectivity index (χ1v) is 4.47. The lowest BCUT2D eigenvalue weighted by atomic mass is 10.2. The average Bonchev–Trinajstić information content (AvgIpc) is 1.99. The summed E-state index contributed by atoms with van der Waals surface area (Å²) >= 11 is 0. The zero-order valence-corrected chi connectivity index (χ0v) is 7.79. The molecule has 0 bridgehead atoms. The highest BCUT2D eigenvalue weighted by Gasteiger charge is 2.21. The Balaban J connectivity index is 2.30. The van der Waals surface area contributed by atoms with Crippen LogP contribution in [-0.2, 0) is 4.74 Å². The molecule has 1 saturated heterocycles. The lowest BCUT2D eigenvalue weighted by Gasteiger charge is -2.34. The summed E-state index contributed by atoms with van der Waals surface area (Å²) in [5.41, 5.74) is 0. The maximum atomic E-state index is 8.42. The van der Waals surface area contributed by atoms with Crippen molar-refractivity contribution in [1.29, 1.82) is 5.26 Å². The van der Waals surface area contributed by atoms with Gasteiger partial charge in [-0.1, -0.05) is 0 Å². The normalized spacial score (nSPS) is 31.4. The lowest BCUT2D eigenvalue weighted by molar-refractivity contribution is -0.0672. The highest BCUT2D eigenvalue weighted by atomic mass is 16.5. The van der Waals surface area contributed by atoms with Gasteiger partial charge in [-0.05, 0) is 13.8 Å². The third-order valence-electron chi connectivity index (χ3n) is 2.04. The highest BCUT2D eigenvalue weighted by Crippen LogP contribution is 2.10. The van der Waals surface area contributed by atoms with Crippen molar-refractivity contribution < 1.29 is 4.74 Å². The summed E-state index contributed by atoms with van der Waals surface area (Å²) < 4.78 is 5.57. The molecule has 1 rings (SSSR count). The van der Waals surface area contributed by atoms with Gasteiger partial charge >= 0.3 is 0 Å². The SMILES string of the molecule is C[C@@H]1CN(CCC#N)C[C@@H](C)O1. The van der Waals surface area contributed by atoms with Gasteiger partial charge in [-0.15, -0.1) is 0 Å². The van der Waals surface area contributed by atoms with Crippen LogP contribution in [0.15, 0.2) is 0 Å². The van der Waals surface area contributed by atoms with E-state index in [4.69, 9.17) is 10.00 Å². The Morgan fingerprint density at radius 2 is 2.00 bits per heavy atom. The number of ether oxygens (including phenoxy) is 1. The fourth-order valence-corrected chi connectivity index (χ4v) is 1.68. The molecule has 1 aliphatic rings. The molecule has 0 aromatic rings. The first-order chi connectivity index (χ1) is 5.72. The molecule has 1 heterocycles. The molecular formula is C9H16N2O. The third kappa shape index (κ3) is 2.80. The Hall–Kier alpha value is -0.590. The maximum Gasteiger partial charge on any atom is 0.0678 e. The Bertz CT molecular complexity index is 166. The fourth-order valence-electron chi connectivity index (χ4n) is 1.68. The number of hydrogen-bond acceptors (Lipinski definition) is 3. The number of hydrogen-bond donors (Lipinski definition) is 0. The van der Waals surface area contributed by atoms with E-state index in [0.717, 1.165) is 19.6 Å². The Morgan fingerprint density at radius 1 is 1.42 bits per heavy atom. The molecule has 0 aliphatic carbocycles. The van der Waals surface area contributed by atoms with E-state index in [0.29, 0.717) is 18.6 Å². The summed E-state index contributed by atoms with van der Waals surface area (Å²) in [6, 6.07) is 2.16. The van der Waals surface area contributed by atoms with Crippen molar-refractivity contribution in [1.82, 2.24) is 4.90 Å². The molecule has 68 valence electrons. The van der Waals surface area contributed by atoms with Crippen LogP contribution in [0.3, 0.4) is 0 Å². The lowest BCUT2D eigenvalue weighted by Crippen LogP contribution is -2.45. The minimum absolute atomic E-state index is 0.312. The first kappa shape index (κ1) is 9.50. The van der Waals surface area contributed by atoms with Crippen LogP contribution in [0.25, 0.3) is 0 Å². The number of nitriles is 1. The molecule has 0 aromatic heterocycles. The minimum atomic E-state index is 0.312. The van der Waals surface area contributed by atoms with E-state index in [-0.39, 0.29) is 0 Å². The van der Waals surface area contributed by atoms with E-state index in [1.165, 1.54) is 0 Å². The second-order valence-electron chi connectivity index (χ2n) is 3.43. The van der Waals surface area contributed by atoms with Gasteiger partial charge in [0.05, 0.1) is 18.3 Å². The smallest absolute Gasteiger partial charge is 0.0678 e. The maximum absolute atomic E-state index is 8.42. The molecule has 0 N–H and O–H groups in total. The van der Waals surface area contributed by atoms with Crippen LogP contribution >= 0.6 is 0 Å². The predicted molar refractivity (Wildman–Crippen MR) is 46.7 cm³/mol. The second-order valence-corrected chi connectivity index (χ2v) is 3.43. The Labute approximate surface area is 73.9 Å². The third-order valence-corrected chi connectivity index (χ3v) is 2.04. The molecule has 0 aromatic carbocycles.